The molecule has 0 saturated heterocycles. The first-order valence-corrected chi connectivity index (χ1v) is 7.77. The summed E-state index contributed by atoms with van der Waals surface area (Å²) in [5.74, 6) is 0.0653. The maximum Gasteiger partial charge on any atom is 0.253 e. The number of hydrogen-bond acceptors (Lipinski definition) is 1. The Morgan fingerprint density at radius 2 is 1.77 bits per heavy atom. The van der Waals surface area contributed by atoms with E-state index in [9.17, 15) is 4.79 Å². The number of carbonyl (C=O) groups excluding carboxylic acids is 1. The Hall–Kier alpha value is -2.55. The highest BCUT2D eigenvalue weighted by molar-refractivity contribution is 6.08. The van der Waals surface area contributed by atoms with Gasteiger partial charge in [-0.2, -0.15) is 0 Å². The van der Waals surface area contributed by atoms with E-state index in [0.717, 1.165) is 42.4 Å². The van der Waals surface area contributed by atoms with Crippen molar-refractivity contribution in [1.82, 2.24) is 9.88 Å². The zero-order chi connectivity index (χ0) is 14.9. The monoisotopic (exact) mass is 290 g/mol. The standard InChI is InChI=1S/C19H18N2O/c22-19-18-15-9-4-5-10-16(15)21(17(18)11-6-12-20-19)13-14-7-2-1-3-8-14/h1-5,7-10H,6,11-13H2,(H,20,22). The highest BCUT2D eigenvalue weighted by Gasteiger charge is 2.23. The number of carbonyl (C=O) groups is 1. The molecule has 1 aliphatic rings. The fourth-order valence-corrected chi connectivity index (χ4v) is 3.36. The number of benzene rings is 2. The normalized spacial score (nSPS) is 14.5. The van der Waals surface area contributed by atoms with Gasteiger partial charge in [0.25, 0.3) is 5.91 Å². The lowest BCUT2D eigenvalue weighted by Gasteiger charge is -2.10. The second-order valence-electron chi connectivity index (χ2n) is 5.77. The molecule has 1 amide bonds. The molecule has 2 heterocycles. The highest BCUT2D eigenvalue weighted by Crippen LogP contribution is 2.29. The molecule has 1 N–H and O–H groups in total. The van der Waals surface area contributed by atoms with Crippen LogP contribution in [-0.2, 0) is 13.0 Å². The smallest absolute Gasteiger partial charge is 0.253 e. The van der Waals surface area contributed by atoms with Crippen molar-refractivity contribution < 1.29 is 4.79 Å². The van der Waals surface area contributed by atoms with Crippen LogP contribution < -0.4 is 5.32 Å². The molecule has 0 saturated carbocycles. The average Bonchev–Trinajstić information content (AvgIpc) is 2.73. The summed E-state index contributed by atoms with van der Waals surface area (Å²) in [7, 11) is 0. The van der Waals surface area contributed by atoms with E-state index in [0.29, 0.717) is 0 Å². The van der Waals surface area contributed by atoms with E-state index in [4.69, 9.17) is 0 Å². The van der Waals surface area contributed by atoms with E-state index in [2.05, 4.69) is 46.3 Å². The van der Waals surface area contributed by atoms with Crippen molar-refractivity contribution in [3.8, 4) is 0 Å². The number of nitrogens with one attached hydrogen (secondary N) is 1. The predicted molar refractivity (Wildman–Crippen MR) is 88.1 cm³/mol. The van der Waals surface area contributed by atoms with Crippen LogP contribution in [0.25, 0.3) is 10.9 Å². The van der Waals surface area contributed by atoms with Crippen molar-refractivity contribution in [1.29, 1.82) is 0 Å². The van der Waals surface area contributed by atoms with Crippen LogP contribution in [0, 0.1) is 0 Å². The van der Waals surface area contributed by atoms with Crippen LogP contribution in [-0.4, -0.2) is 17.0 Å². The van der Waals surface area contributed by atoms with E-state index in [1.165, 1.54) is 11.3 Å². The zero-order valence-electron chi connectivity index (χ0n) is 12.4. The molecule has 0 radical (unpaired) electrons. The summed E-state index contributed by atoms with van der Waals surface area (Å²) in [5, 5.41) is 4.08. The SMILES string of the molecule is O=C1NCCCc2c1c1ccccc1n2Cc1ccccc1. The first-order chi connectivity index (χ1) is 10.8. The topological polar surface area (TPSA) is 34.0 Å². The molecule has 1 aliphatic heterocycles. The van der Waals surface area contributed by atoms with Gasteiger partial charge in [-0.15, -0.1) is 0 Å². The lowest BCUT2D eigenvalue weighted by molar-refractivity contribution is 0.0957. The Labute approximate surface area is 129 Å². The van der Waals surface area contributed by atoms with Crippen molar-refractivity contribution >= 4 is 16.8 Å². The lowest BCUT2D eigenvalue weighted by atomic mass is 10.1. The Morgan fingerprint density at radius 3 is 2.64 bits per heavy atom. The molecular weight excluding hydrogens is 272 g/mol. The molecule has 22 heavy (non-hydrogen) atoms. The first-order valence-electron chi connectivity index (χ1n) is 7.77. The molecule has 3 aromatic rings. The van der Waals surface area contributed by atoms with E-state index >= 15 is 0 Å². The van der Waals surface area contributed by atoms with Crippen molar-refractivity contribution in [3.63, 3.8) is 0 Å². The fraction of sp³-hybridized carbons (Fsp3) is 0.211. The molecule has 4 rings (SSSR count). The third kappa shape index (κ3) is 2.10. The second-order valence-corrected chi connectivity index (χ2v) is 5.77. The van der Waals surface area contributed by atoms with Crippen molar-refractivity contribution in [2.45, 2.75) is 19.4 Å². The van der Waals surface area contributed by atoms with Crippen LogP contribution in [0.4, 0.5) is 0 Å². The second kappa shape index (κ2) is 5.34. The molecule has 1 aromatic heterocycles. The number of fused-ring (bicyclic) bond motifs is 3. The van der Waals surface area contributed by atoms with Crippen LogP contribution in [0.5, 0.6) is 0 Å². The molecule has 3 nitrogen and oxygen atoms in total. The quantitative estimate of drug-likeness (QED) is 0.771. The minimum absolute atomic E-state index is 0.0653. The fourth-order valence-electron chi connectivity index (χ4n) is 3.36. The van der Waals surface area contributed by atoms with E-state index in [-0.39, 0.29) is 5.91 Å². The van der Waals surface area contributed by atoms with Gasteiger partial charge in [0.2, 0.25) is 0 Å². The molecule has 0 fully saturated rings. The summed E-state index contributed by atoms with van der Waals surface area (Å²) < 4.78 is 2.31. The summed E-state index contributed by atoms with van der Waals surface area (Å²) in [6, 6.07) is 18.6. The molecule has 2 aromatic carbocycles. The third-order valence-electron chi connectivity index (χ3n) is 4.37. The van der Waals surface area contributed by atoms with Crippen LogP contribution in [0.15, 0.2) is 54.6 Å². The van der Waals surface area contributed by atoms with Gasteiger partial charge in [0, 0.05) is 29.7 Å². The summed E-state index contributed by atoms with van der Waals surface area (Å²) in [6.45, 7) is 1.57. The average molecular weight is 290 g/mol. The lowest BCUT2D eigenvalue weighted by Crippen LogP contribution is -2.22. The van der Waals surface area contributed by atoms with Gasteiger partial charge in [-0.05, 0) is 24.5 Å². The van der Waals surface area contributed by atoms with Crippen LogP contribution in [0.1, 0.15) is 28.0 Å². The van der Waals surface area contributed by atoms with Gasteiger partial charge in [0.1, 0.15) is 0 Å². The molecule has 110 valence electrons. The minimum Gasteiger partial charge on any atom is -0.352 e. The minimum atomic E-state index is 0.0653. The largest absolute Gasteiger partial charge is 0.352 e. The molecule has 0 unspecified atom stereocenters. The number of amides is 1. The number of aromatic nitrogens is 1. The van der Waals surface area contributed by atoms with Crippen LogP contribution in [0.2, 0.25) is 0 Å². The summed E-state index contributed by atoms with van der Waals surface area (Å²) >= 11 is 0. The van der Waals surface area contributed by atoms with Crippen molar-refractivity contribution in [2.24, 2.45) is 0 Å². The number of rotatable bonds is 2. The Balaban J connectivity index is 1.93. The third-order valence-corrected chi connectivity index (χ3v) is 4.37. The Morgan fingerprint density at radius 1 is 1.00 bits per heavy atom. The maximum atomic E-state index is 12.5. The molecule has 0 bridgehead atoms. The van der Waals surface area contributed by atoms with Crippen molar-refractivity contribution in [2.75, 3.05) is 6.54 Å². The molecular formula is C19H18N2O. The number of para-hydroxylation sites is 1. The van der Waals surface area contributed by atoms with E-state index in [1.807, 2.05) is 18.2 Å². The van der Waals surface area contributed by atoms with E-state index in [1.54, 1.807) is 0 Å². The predicted octanol–water partition coefficient (Wildman–Crippen LogP) is 3.37. The van der Waals surface area contributed by atoms with Gasteiger partial charge in [0.15, 0.2) is 0 Å². The Kier molecular flexibility index (Phi) is 3.19. The van der Waals surface area contributed by atoms with Crippen LogP contribution >= 0.6 is 0 Å². The van der Waals surface area contributed by atoms with Gasteiger partial charge in [0.05, 0.1) is 5.56 Å². The highest BCUT2D eigenvalue weighted by atomic mass is 16.1. The van der Waals surface area contributed by atoms with Crippen LogP contribution in [0.3, 0.4) is 0 Å². The zero-order valence-corrected chi connectivity index (χ0v) is 12.4. The molecule has 0 atom stereocenters. The number of hydrogen-bond donors (Lipinski definition) is 1. The van der Waals surface area contributed by atoms with Gasteiger partial charge in [-0.3, -0.25) is 4.79 Å². The maximum absolute atomic E-state index is 12.5. The van der Waals surface area contributed by atoms with Gasteiger partial charge in [-0.1, -0.05) is 48.5 Å². The van der Waals surface area contributed by atoms with Gasteiger partial charge in [-0.25, -0.2) is 0 Å². The summed E-state index contributed by atoms with van der Waals surface area (Å²) in [4.78, 5) is 12.5. The number of nitrogens with zero attached hydrogens (tertiary/aromatic N) is 1. The first kappa shape index (κ1) is 13.1. The summed E-state index contributed by atoms with van der Waals surface area (Å²) in [6.07, 6.45) is 1.93. The van der Waals surface area contributed by atoms with Gasteiger partial charge < -0.3 is 9.88 Å². The van der Waals surface area contributed by atoms with Crippen molar-refractivity contribution in [3.05, 3.63) is 71.4 Å². The molecule has 0 aliphatic carbocycles. The molecule has 3 heteroatoms. The Bertz CT molecular complexity index is 833. The summed E-state index contributed by atoms with van der Waals surface area (Å²) in [5.41, 5.74) is 4.44. The molecule has 0 spiro atoms. The van der Waals surface area contributed by atoms with Gasteiger partial charge >= 0.3 is 0 Å². The van der Waals surface area contributed by atoms with E-state index < -0.39 is 0 Å².